The monoisotopic (exact) mass is 181 g/mol. The molecule has 0 aliphatic carbocycles. The van der Waals surface area contributed by atoms with Gasteiger partial charge in [0, 0.05) is 6.54 Å². The van der Waals surface area contributed by atoms with Crippen LogP contribution in [-0.2, 0) is 11.3 Å². The summed E-state index contributed by atoms with van der Waals surface area (Å²) in [5.74, 6) is 0. The Morgan fingerprint density at radius 2 is 1.77 bits per heavy atom. The van der Waals surface area contributed by atoms with Gasteiger partial charge < -0.3 is 10.0 Å². The molecule has 1 N–H and O–H groups in total. The van der Waals surface area contributed by atoms with E-state index in [9.17, 15) is 0 Å². The highest BCUT2D eigenvalue weighted by atomic mass is 16.3. The zero-order chi connectivity index (χ0) is 10.1. The van der Waals surface area contributed by atoms with Crippen molar-refractivity contribution < 1.29 is 9.90 Å². The first-order valence-electron chi connectivity index (χ1n) is 3.97. The molecule has 0 radical (unpaired) electrons. The maximum atomic E-state index is 8.36. The van der Waals surface area contributed by atoms with Crippen LogP contribution in [0.5, 0.6) is 0 Å². The average Bonchev–Trinajstić information content (AvgIpc) is 2.06. The van der Waals surface area contributed by atoms with Crippen LogP contribution in [-0.4, -0.2) is 30.6 Å². The maximum absolute atomic E-state index is 8.36. The molecule has 1 aromatic carbocycles. The van der Waals surface area contributed by atoms with Crippen LogP contribution < -0.4 is 0 Å². The summed E-state index contributed by atoms with van der Waals surface area (Å²) in [6.07, 6.45) is 0. The van der Waals surface area contributed by atoms with Crippen LogP contribution in [0.3, 0.4) is 0 Å². The molecule has 0 unspecified atom stereocenters. The van der Waals surface area contributed by atoms with Crippen LogP contribution in [0.4, 0.5) is 0 Å². The fourth-order valence-corrected chi connectivity index (χ4v) is 0.949. The summed E-state index contributed by atoms with van der Waals surface area (Å²) in [6, 6.07) is 10.5. The van der Waals surface area contributed by atoms with Crippen LogP contribution in [0.25, 0.3) is 0 Å². The van der Waals surface area contributed by atoms with Crippen molar-refractivity contribution in [1.82, 2.24) is 4.90 Å². The first-order valence-corrected chi connectivity index (χ1v) is 3.97. The highest BCUT2D eigenvalue weighted by Crippen LogP contribution is 1.99. The van der Waals surface area contributed by atoms with Gasteiger partial charge in [0.05, 0.1) is 0 Å². The summed E-state index contributed by atoms with van der Waals surface area (Å²) < 4.78 is 0. The van der Waals surface area contributed by atoms with E-state index in [0.29, 0.717) is 0 Å². The van der Waals surface area contributed by atoms with Gasteiger partial charge in [-0.25, -0.2) is 0 Å². The molecular weight excluding hydrogens is 166 g/mol. The molecule has 1 rings (SSSR count). The van der Waals surface area contributed by atoms with E-state index in [0.717, 1.165) is 6.54 Å². The molecule has 0 saturated heterocycles. The number of hydrogen-bond acceptors (Lipinski definition) is 2. The molecule has 0 saturated carbocycles. The van der Waals surface area contributed by atoms with Gasteiger partial charge in [0.1, 0.15) is 0 Å². The lowest BCUT2D eigenvalue weighted by Crippen LogP contribution is -2.10. The number of rotatable bonds is 2. The van der Waals surface area contributed by atoms with Crippen molar-refractivity contribution in [1.29, 1.82) is 0 Å². The Labute approximate surface area is 78.6 Å². The fourth-order valence-electron chi connectivity index (χ4n) is 0.949. The summed E-state index contributed by atoms with van der Waals surface area (Å²) in [5.41, 5.74) is 1.37. The topological polar surface area (TPSA) is 40.5 Å². The first-order chi connectivity index (χ1) is 6.20. The Hall–Kier alpha value is -1.35. The van der Waals surface area contributed by atoms with Crippen molar-refractivity contribution in [2.75, 3.05) is 14.1 Å². The first kappa shape index (κ1) is 11.6. The summed E-state index contributed by atoms with van der Waals surface area (Å²) >= 11 is 0. The Morgan fingerprint density at radius 3 is 2.15 bits per heavy atom. The molecule has 13 heavy (non-hydrogen) atoms. The lowest BCUT2D eigenvalue weighted by Gasteiger charge is -2.08. The summed E-state index contributed by atoms with van der Waals surface area (Å²) in [7, 11) is 4.15. The van der Waals surface area contributed by atoms with Gasteiger partial charge >= 0.3 is 0 Å². The number of benzene rings is 1. The Kier molecular flexibility index (Phi) is 6.55. The summed E-state index contributed by atoms with van der Waals surface area (Å²) in [6.45, 7) is 0.779. The zero-order valence-corrected chi connectivity index (χ0v) is 7.97. The number of carboxylic acid groups (broad SMARTS) is 1. The molecule has 0 fully saturated rings. The lowest BCUT2D eigenvalue weighted by atomic mass is 10.2. The van der Waals surface area contributed by atoms with E-state index >= 15 is 0 Å². The Balaban J connectivity index is 0.000000424. The smallest absolute Gasteiger partial charge is 0.290 e. The molecule has 0 heterocycles. The molecule has 0 amide bonds. The minimum atomic E-state index is -0.250. The molecule has 3 heteroatoms. The minimum absolute atomic E-state index is 0.250. The van der Waals surface area contributed by atoms with E-state index in [-0.39, 0.29) is 6.47 Å². The third-order valence-electron chi connectivity index (χ3n) is 1.34. The quantitative estimate of drug-likeness (QED) is 0.702. The van der Waals surface area contributed by atoms with Gasteiger partial charge in [0.2, 0.25) is 0 Å². The number of hydrogen-bond donors (Lipinski definition) is 1. The second-order valence-corrected chi connectivity index (χ2v) is 2.83. The number of nitrogens with zero attached hydrogens (tertiary/aromatic N) is 1. The second kappa shape index (κ2) is 7.31. The molecule has 0 aliphatic rings. The molecule has 0 bridgehead atoms. The van der Waals surface area contributed by atoms with E-state index in [1.54, 1.807) is 0 Å². The standard InChI is InChI=1S/C9H13N.CH2O2/c1-10(2)8-9-6-4-3-5-7-9;2-1-3/h3-7H,8H2,1-2H3;1H,(H,2,3). The van der Waals surface area contributed by atoms with Gasteiger partial charge in [0.15, 0.2) is 0 Å². The average molecular weight is 181 g/mol. The maximum Gasteiger partial charge on any atom is 0.290 e. The van der Waals surface area contributed by atoms with E-state index in [4.69, 9.17) is 9.90 Å². The van der Waals surface area contributed by atoms with Gasteiger partial charge in [-0.05, 0) is 19.7 Å². The molecule has 0 aliphatic heterocycles. The van der Waals surface area contributed by atoms with Gasteiger partial charge in [-0.15, -0.1) is 0 Å². The van der Waals surface area contributed by atoms with Gasteiger partial charge in [0.25, 0.3) is 6.47 Å². The SMILES string of the molecule is CN(C)Cc1ccccc1.O=CO. The Bertz CT molecular complexity index is 222. The molecule has 0 atom stereocenters. The molecular formula is C10H15NO2. The largest absolute Gasteiger partial charge is 0.483 e. The normalized spacial score (nSPS) is 8.85. The molecule has 3 nitrogen and oxygen atoms in total. The van der Waals surface area contributed by atoms with Crippen molar-refractivity contribution in [3.05, 3.63) is 35.9 Å². The number of carbonyl (C=O) groups is 1. The minimum Gasteiger partial charge on any atom is -0.483 e. The molecule has 1 aromatic rings. The third kappa shape index (κ3) is 7.03. The van der Waals surface area contributed by atoms with Gasteiger partial charge in [-0.2, -0.15) is 0 Å². The van der Waals surface area contributed by atoms with Crippen molar-refractivity contribution in [3.63, 3.8) is 0 Å². The van der Waals surface area contributed by atoms with Crippen molar-refractivity contribution in [2.24, 2.45) is 0 Å². The van der Waals surface area contributed by atoms with Crippen LogP contribution >= 0.6 is 0 Å². The summed E-state index contributed by atoms with van der Waals surface area (Å²) in [4.78, 5) is 10.5. The lowest BCUT2D eigenvalue weighted by molar-refractivity contribution is -0.122. The van der Waals surface area contributed by atoms with Crippen LogP contribution in [0.15, 0.2) is 30.3 Å². The summed E-state index contributed by atoms with van der Waals surface area (Å²) in [5, 5.41) is 6.89. The van der Waals surface area contributed by atoms with Crippen molar-refractivity contribution in [3.8, 4) is 0 Å². The molecule has 0 spiro atoms. The van der Waals surface area contributed by atoms with E-state index in [1.165, 1.54) is 5.56 Å². The second-order valence-electron chi connectivity index (χ2n) is 2.83. The molecule has 72 valence electrons. The van der Waals surface area contributed by atoms with Crippen LogP contribution in [0, 0.1) is 0 Å². The van der Waals surface area contributed by atoms with E-state index in [2.05, 4.69) is 43.3 Å². The predicted molar refractivity (Wildman–Crippen MR) is 52.5 cm³/mol. The highest BCUT2D eigenvalue weighted by Gasteiger charge is 1.90. The van der Waals surface area contributed by atoms with Gasteiger partial charge in [-0.3, -0.25) is 4.79 Å². The predicted octanol–water partition coefficient (Wildman–Crippen LogP) is 1.45. The zero-order valence-electron chi connectivity index (χ0n) is 7.97. The van der Waals surface area contributed by atoms with Crippen molar-refractivity contribution in [2.45, 2.75) is 6.54 Å². The Morgan fingerprint density at radius 1 is 1.31 bits per heavy atom. The van der Waals surface area contributed by atoms with Crippen LogP contribution in [0.2, 0.25) is 0 Å². The molecule has 0 aromatic heterocycles. The van der Waals surface area contributed by atoms with Gasteiger partial charge in [-0.1, -0.05) is 30.3 Å². The van der Waals surface area contributed by atoms with E-state index in [1.807, 2.05) is 6.07 Å². The van der Waals surface area contributed by atoms with Crippen molar-refractivity contribution >= 4 is 6.47 Å². The fraction of sp³-hybridized carbons (Fsp3) is 0.300. The van der Waals surface area contributed by atoms with E-state index < -0.39 is 0 Å². The highest BCUT2D eigenvalue weighted by molar-refractivity contribution is 5.32. The van der Waals surface area contributed by atoms with Crippen LogP contribution in [0.1, 0.15) is 5.56 Å². The third-order valence-corrected chi connectivity index (χ3v) is 1.34.